The van der Waals surface area contributed by atoms with Crippen molar-refractivity contribution < 1.29 is 0 Å². The minimum Gasteiger partial charge on any atom is -0.264 e. The zero-order chi connectivity index (χ0) is 23.9. The standard InChI is InChI=1S/C35H31N/c1-2-9-27-22-28(20-17-24(27)8-1)35-32-13-5-3-11-30(32)34(31-12-4-6-14-33(31)35)26-18-15-25(16-19-26)29-10-7-21-36-23-29/h1,3,5-8,10-11,13-15,17-18,20-21,23,27H,2,4,9,12,16,19,22H2. The Morgan fingerprint density at radius 3 is 2.33 bits per heavy atom. The van der Waals surface area contributed by atoms with Gasteiger partial charge in [-0.15, -0.1) is 0 Å². The maximum atomic E-state index is 4.33. The number of rotatable bonds is 3. The molecule has 0 spiro atoms. The van der Waals surface area contributed by atoms with Crippen molar-refractivity contribution >= 4 is 33.6 Å². The lowest BCUT2D eigenvalue weighted by atomic mass is 9.74. The Kier molecular flexibility index (Phi) is 5.43. The molecule has 0 aliphatic heterocycles. The first kappa shape index (κ1) is 21.6. The molecule has 1 heteroatoms. The van der Waals surface area contributed by atoms with Gasteiger partial charge in [0, 0.05) is 12.4 Å². The SMILES string of the molecule is C1=Cc2c(c(C3=CC=C(c4cccnc4)CC3)c3ccccc3c2C2=CC=C3C=CCCC3C2)CC1. The zero-order valence-corrected chi connectivity index (χ0v) is 20.7. The third-order valence-electron chi connectivity index (χ3n) is 8.44. The van der Waals surface area contributed by atoms with E-state index >= 15 is 0 Å². The molecule has 0 bridgehead atoms. The van der Waals surface area contributed by atoms with E-state index in [-0.39, 0.29) is 0 Å². The van der Waals surface area contributed by atoms with Gasteiger partial charge in [-0.25, -0.2) is 0 Å². The van der Waals surface area contributed by atoms with E-state index < -0.39 is 0 Å². The number of benzene rings is 2. The highest BCUT2D eigenvalue weighted by Gasteiger charge is 2.27. The van der Waals surface area contributed by atoms with Gasteiger partial charge < -0.3 is 0 Å². The minimum atomic E-state index is 0.661. The van der Waals surface area contributed by atoms with Crippen molar-refractivity contribution in [2.45, 2.75) is 44.9 Å². The molecule has 1 heterocycles. The maximum Gasteiger partial charge on any atom is 0.0343 e. The molecule has 176 valence electrons. The van der Waals surface area contributed by atoms with Crippen LogP contribution in [0.15, 0.2) is 96.9 Å². The lowest BCUT2D eigenvalue weighted by Gasteiger charge is -2.30. The van der Waals surface area contributed by atoms with Crippen LogP contribution in [0.2, 0.25) is 0 Å². The smallest absolute Gasteiger partial charge is 0.0343 e. The van der Waals surface area contributed by atoms with Crippen LogP contribution in [0, 0.1) is 5.92 Å². The van der Waals surface area contributed by atoms with Crippen LogP contribution in [0.25, 0.3) is 33.6 Å². The van der Waals surface area contributed by atoms with E-state index in [1.807, 2.05) is 18.5 Å². The van der Waals surface area contributed by atoms with E-state index in [1.165, 1.54) is 68.2 Å². The molecule has 1 nitrogen and oxygen atoms in total. The largest absolute Gasteiger partial charge is 0.264 e. The summed E-state index contributed by atoms with van der Waals surface area (Å²) in [7, 11) is 0. The molecular formula is C35H31N. The van der Waals surface area contributed by atoms with Crippen LogP contribution < -0.4 is 0 Å². The third kappa shape index (κ3) is 3.66. The molecule has 0 saturated heterocycles. The number of hydrogen-bond donors (Lipinski definition) is 0. The predicted molar refractivity (Wildman–Crippen MR) is 153 cm³/mol. The summed E-state index contributed by atoms with van der Waals surface area (Å²) in [6.07, 6.45) is 30.8. The van der Waals surface area contributed by atoms with Crippen LogP contribution in [-0.4, -0.2) is 4.98 Å². The molecule has 0 amide bonds. The maximum absolute atomic E-state index is 4.33. The second-order valence-electron chi connectivity index (χ2n) is 10.5. The summed E-state index contributed by atoms with van der Waals surface area (Å²) in [5, 5.41) is 2.83. The van der Waals surface area contributed by atoms with Crippen molar-refractivity contribution in [2.24, 2.45) is 5.92 Å². The predicted octanol–water partition coefficient (Wildman–Crippen LogP) is 9.13. The Morgan fingerprint density at radius 1 is 0.694 bits per heavy atom. The summed E-state index contributed by atoms with van der Waals surface area (Å²) in [6, 6.07) is 13.4. The number of fused-ring (bicyclic) bond motifs is 3. The first-order valence-corrected chi connectivity index (χ1v) is 13.5. The quantitative estimate of drug-likeness (QED) is 0.376. The molecular weight excluding hydrogens is 434 g/mol. The Morgan fingerprint density at radius 2 is 1.50 bits per heavy atom. The summed E-state index contributed by atoms with van der Waals surface area (Å²) in [5.41, 5.74) is 13.1. The first-order chi connectivity index (χ1) is 17.9. The first-order valence-electron chi connectivity index (χ1n) is 13.5. The molecule has 0 fully saturated rings. The lowest BCUT2D eigenvalue weighted by Crippen LogP contribution is -2.12. The fourth-order valence-electron chi connectivity index (χ4n) is 6.68. The molecule has 1 unspecified atom stereocenters. The Labute approximate surface area is 214 Å². The fourth-order valence-corrected chi connectivity index (χ4v) is 6.68. The van der Waals surface area contributed by atoms with E-state index in [4.69, 9.17) is 0 Å². The Bertz CT molecular complexity index is 1540. The molecule has 3 aromatic rings. The van der Waals surface area contributed by atoms with Crippen molar-refractivity contribution in [2.75, 3.05) is 0 Å². The lowest BCUT2D eigenvalue weighted by molar-refractivity contribution is 0.573. The molecule has 0 saturated carbocycles. The highest BCUT2D eigenvalue weighted by atomic mass is 14.6. The molecule has 1 atom stereocenters. The molecule has 0 N–H and O–H groups in total. The van der Waals surface area contributed by atoms with Gasteiger partial charge in [0.05, 0.1) is 0 Å². The summed E-state index contributed by atoms with van der Waals surface area (Å²) in [6.45, 7) is 0. The monoisotopic (exact) mass is 465 g/mol. The number of hydrogen-bond acceptors (Lipinski definition) is 1. The third-order valence-corrected chi connectivity index (χ3v) is 8.44. The molecule has 36 heavy (non-hydrogen) atoms. The molecule has 4 aliphatic rings. The second kappa shape index (κ2) is 9.06. The topological polar surface area (TPSA) is 12.9 Å². The highest BCUT2D eigenvalue weighted by Crippen LogP contribution is 2.46. The molecule has 7 rings (SSSR count). The normalized spacial score (nSPS) is 20.7. The van der Waals surface area contributed by atoms with E-state index in [9.17, 15) is 0 Å². The van der Waals surface area contributed by atoms with Crippen molar-refractivity contribution in [1.29, 1.82) is 0 Å². The van der Waals surface area contributed by atoms with Gasteiger partial charge in [0.1, 0.15) is 0 Å². The molecule has 4 aliphatic carbocycles. The number of aromatic nitrogens is 1. The van der Waals surface area contributed by atoms with E-state index in [0.29, 0.717) is 5.92 Å². The van der Waals surface area contributed by atoms with Crippen LogP contribution in [-0.2, 0) is 6.42 Å². The van der Waals surface area contributed by atoms with Crippen LogP contribution in [0.3, 0.4) is 0 Å². The minimum absolute atomic E-state index is 0.661. The average molecular weight is 466 g/mol. The van der Waals surface area contributed by atoms with Gasteiger partial charge in [0.15, 0.2) is 0 Å². The van der Waals surface area contributed by atoms with E-state index in [0.717, 1.165) is 32.1 Å². The summed E-state index contributed by atoms with van der Waals surface area (Å²) < 4.78 is 0. The summed E-state index contributed by atoms with van der Waals surface area (Å²) in [5.74, 6) is 0.661. The van der Waals surface area contributed by atoms with Crippen LogP contribution in [0.5, 0.6) is 0 Å². The van der Waals surface area contributed by atoms with Gasteiger partial charge in [-0.2, -0.15) is 0 Å². The second-order valence-corrected chi connectivity index (χ2v) is 10.5. The van der Waals surface area contributed by atoms with Crippen LogP contribution in [0.1, 0.15) is 66.3 Å². The molecule has 2 aromatic carbocycles. The van der Waals surface area contributed by atoms with Crippen molar-refractivity contribution in [3.05, 3.63) is 125 Å². The van der Waals surface area contributed by atoms with Gasteiger partial charge in [-0.1, -0.05) is 78.9 Å². The molecule has 1 aromatic heterocycles. The van der Waals surface area contributed by atoms with Gasteiger partial charge in [0.25, 0.3) is 0 Å². The van der Waals surface area contributed by atoms with Crippen LogP contribution >= 0.6 is 0 Å². The van der Waals surface area contributed by atoms with Gasteiger partial charge in [-0.05, 0) is 118 Å². The van der Waals surface area contributed by atoms with Crippen LogP contribution in [0.4, 0.5) is 0 Å². The van der Waals surface area contributed by atoms with Crippen molar-refractivity contribution in [3.63, 3.8) is 0 Å². The Hall–Kier alpha value is -3.71. The summed E-state index contributed by atoms with van der Waals surface area (Å²) in [4.78, 5) is 4.33. The van der Waals surface area contributed by atoms with E-state index in [1.54, 1.807) is 5.56 Å². The van der Waals surface area contributed by atoms with Gasteiger partial charge >= 0.3 is 0 Å². The van der Waals surface area contributed by atoms with Crippen molar-refractivity contribution in [3.8, 4) is 0 Å². The van der Waals surface area contributed by atoms with Crippen molar-refractivity contribution in [1.82, 2.24) is 4.98 Å². The van der Waals surface area contributed by atoms with Gasteiger partial charge in [0.2, 0.25) is 0 Å². The number of allylic oxidation sites excluding steroid dienone is 11. The average Bonchev–Trinajstić information content (AvgIpc) is 2.96. The summed E-state index contributed by atoms with van der Waals surface area (Å²) >= 11 is 0. The molecule has 0 radical (unpaired) electrons. The number of pyridine rings is 1. The fraction of sp³-hybridized carbons (Fsp3) is 0.229. The zero-order valence-electron chi connectivity index (χ0n) is 20.7. The highest BCUT2D eigenvalue weighted by molar-refractivity contribution is 6.06. The number of nitrogens with zero attached hydrogens (tertiary/aromatic N) is 1. The van der Waals surface area contributed by atoms with E-state index in [2.05, 4.69) is 83.9 Å². The van der Waals surface area contributed by atoms with Gasteiger partial charge in [-0.3, -0.25) is 4.98 Å². The Balaban J connectivity index is 1.41.